The zero-order valence-corrected chi connectivity index (χ0v) is 20.4. The Bertz CT molecular complexity index is 1490. The molecule has 5 rings (SSSR count). The topological polar surface area (TPSA) is 59.4 Å². The van der Waals surface area contributed by atoms with Crippen molar-refractivity contribution in [2.24, 2.45) is 0 Å². The summed E-state index contributed by atoms with van der Waals surface area (Å²) in [5.41, 5.74) is 7.68. The Balaban J connectivity index is 1.45. The van der Waals surface area contributed by atoms with Gasteiger partial charge >= 0.3 is 5.97 Å². The van der Waals surface area contributed by atoms with E-state index in [1.54, 1.807) is 11.8 Å². The number of allylic oxidation sites excluding steroid dienone is 2. The van der Waals surface area contributed by atoms with Crippen LogP contribution in [0, 0.1) is 0 Å². The van der Waals surface area contributed by atoms with Gasteiger partial charge in [-0.15, -0.1) is 11.8 Å². The van der Waals surface area contributed by atoms with Crippen LogP contribution in [0.1, 0.15) is 35.7 Å². The molecule has 5 heteroatoms. The van der Waals surface area contributed by atoms with E-state index >= 15 is 0 Å². The second-order valence-electron chi connectivity index (χ2n) is 8.50. The molecule has 0 aliphatic heterocycles. The normalized spacial score (nSPS) is 13.9. The monoisotopic (exact) mass is 479 g/mol. The predicted molar refractivity (Wildman–Crippen MR) is 143 cm³/mol. The van der Waals surface area contributed by atoms with Crippen molar-refractivity contribution in [1.82, 2.24) is 4.98 Å². The van der Waals surface area contributed by atoms with Crippen LogP contribution in [-0.4, -0.2) is 22.3 Å². The van der Waals surface area contributed by atoms with Crippen molar-refractivity contribution in [3.05, 3.63) is 107 Å². The highest BCUT2D eigenvalue weighted by Gasteiger charge is 2.25. The van der Waals surface area contributed by atoms with Gasteiger partial charge in [-0.3, -0.25) is 4.79 Å². The lowest BCUT2D eigenvalue weighted by Gasteiger charge is -2.10. The van der Waals surface area contributed by atoms with Gasteiger partial charge in [0.25, 0.3) is 0 Å². The van der Waals surface area contributed by atoms with Gasteiger partial charge in [0.05, 0.1) is 17.6 Å². The highest BCUT2D eigenvalue weighted by molar-refractivity contribution is 7.98. The van der Waals surface area contributed by atoms with Crippen molar-refractivity contribution >= 4 is 45.9 Å². The van der Waals surface area contributed by atoms with Crippen LogP contribution in [0.4, 0.5) is 0 Å². The molecule has 0 saturated heterocycles. The van der Waals surface area contributed by atoms with Crippen LogP contribution in [0.3, 0.4) is 0 Å². The summed E-state index contributed by atoms with van der Waals surface area (Å²) < 4.78 is 6.08. The molecule has 0 amide bonds. The van der Waals surface area contributed by atoms with Gasteiger partial charge in [-0.25, -0.2) is 4.98 Å². The molecule has 174 valence electrons. The number of carbonyl (C=O) groups is 1. The first-order valence-electron chi connectivity index (χ1n) is 11.4. The number of hydrogen-bond acceptors (Lipinski definition) is 4. The van der Waals surface area contributed by atoms with E-state index in [0.29, 0.717) is 12.4 Å². The summed E-state index contributed by atoms with van der Waals surface area (Å²) in [6.45, 7) is 2.34. The molecule has 0 unspecified atom stereocenters. The number of pyridine rings is 1. The molecule has 4 nitrogen and oxygen atoms in total. The number of rotatable bonds is 7. The summed E-state index contributed by atoms with van der Waals surface area (Å²) in [6.07, 6.45) is 4.16. The Morgan fingerprint density at radius 2 is 1.80 bits per heavy atom. The minimum Gasteiger partial charge on any atom is -0.487 e. The number of hydrogen-bond donors (Lipinski definition) is 1. The smallest absolute Gasteiger partial charge is 0.307 e. The maximum atomic E-state index is 11.7. The fourth-order valence-electron chi connectivity index (χ4n) is 4.44. The van der Waals surface area contributed by atoms with Gasteiger partial charge in [0.15, 0.2) is 0 Å². The molecule has 0 saturated carbocycles. The number of aliphatic carboxylic acids is 1. The molecule has 0 spiro atoms. The Labute approximate surface area is 209 Å². The number of carboxylic acids is 1. The summed E-state index contributed by atoms with van der Waals surface area (Å²) in [6, 6.07) is 26.3. The van der Waals surface area contributed by atoms with Gasteiger partial charge in [0.2, 0.25) is 0 Å². The van der Waals surface area contributed by atoms with Crippen molar-refractivity contribution in [1.29, 1.82) is 0 Å². The first kappa shape index (κ1) is 22.9. The fraction of sp³-hybridized carbons (Fsp3) is 0.133. The van der Waals surface area contributed by atoms with E-state index in [9.17, 15) is 9.90 Å². The SMILES string of the molecule is CSc1ccc(C=C2C(C)=C(CC(=O)O)c3cc(OCc4ccc5ccccc5n4)ccc32)cc1. The van der Waals surface area contributed by atoms with Gasteiger partial charge in [0, 0.05) is 10.3 Å². The predicted octanol–water partition coefficient (Wildman–Crippen LogP) is 7.34. The lowest BCUT2D eigenvalue weighted by molar-refractivity contribution is -0.135. The molecule has 1 aromatic heterocycles. The minimum atomic E-state index is -0.845. The van der Waals surface area contributed by atoms with Crippen LogP contribution >= 0.6 is 11.8 Å². The molecule has 1 N–H and O–H groups in total. The third-order valence-corrected chi connectivity index (χ3v) is 7.00. The van der Waals surface area contributed by atoms with E-state index in [0.717, 1.165) is 50.0 Å². The zero-order valence-electron chi connectivity index (χ0n) is 19.6. The Kier molecular flexibility index (Phi) is 6.43. The van der Waals surface area contributed by atoms with Crippen LogP contribution in [0.2, 0.25) is 0 Å². The van der Waals surface area contributed by atoms with Crippen LogP contribution < -0.4 is 4.74 Å². The fourth-order valence-corrected chi connectivity index (χ4v) is 4.85. The van der Waals surface area contributed by atoms with Crippen molar-refractivity contribution in [3.63, 3.8) is 0 Å². The second-order valence-corrected chi connectivity index (χ2v) is 9.38. The summed E-state index contributed by atoms with van der Waals surface area (Å²) >= 11 is 1.71. The number of para-hydroxylation sites is 1. The van der Waals surface area contributed by atoms with Crippen molar-refractivity contribution < 1.29 is 14.6 Å². The first-order chi connectivity index (χ1) is 17.0. The lowest BCUT2D eigenvalue weighted by atomic mass is 10.0. The van der Waals surface area contributed by atoms with Crippen LogP contribution in [0.15, 0.2) is 89.3 Å². The molecular formula is C30H25NO3S. The highest BCUT2D eigenvalue weighted by atomic mass is 32.2. The van der Waals surface area contributed by atoms with E-state index in [1.165, 1.54) is 4.90 Å². The van der Waals surface area contributed by atoms with Gasteiger partial charge in [-0.2, -0.15) is 0 Å². The van der Waals surface area contributed by atoms with Crippen LogP contribution in [0.5, 0.6) is 5.75 Å². The van der Waals surface area contributed by atoms with Crippen molar-refractivity contribution in [3.8, 4) is 5.75 Å². The molecule has 3 aromatic carbocycles. The van der Waals surface area contributed by atoms with Crippen molar-refractivity contribution in [2.75, 3.05) is 6.26 Å². The van der Waals surface area contributed by atoms with E-state index in [2.05, 4.69) is 41.6 Å². The highest BCUT2D eigenvalue weighted by Crippen LogP contribution is 2.45. The van der Waals surface area contributed by atoms with E-state index < -0.39 is 5.97 Å². The molecule has 4 aromatic rings. The number of nitrogens with zero attached hydrogens (tertiary/aromatic N) is 1. The summed E-state index contributed by atoms with van der Waals surface area (Å²) in [5, 5.41) is 10.7. The molecule has 0 fully saturated rings. The standard InChI is InChI=1S/C30H25NO3S/c1-19-26(15-20-7-12-24(35-2)13-8-20)25-14-11-23(16-28(25)27(19)17-30(32)33)34-18-22-10-9-21-5-3-4-6-29(21)31-22/h3-16H,17-18H2,1-2H3,(H,32,33). The van der Waals surface area contributed by atoms with E-state index in [-0.39, 0.29) is 6.42 Å². The second kappa shape index (κ2) is 9.80. The van der Waals surface area contributed by atoms with Crippen LogP contribution in [0.25, 0.3) is 28.1 Å². The minimum absolute atomic E-state index is 0.0305. The Hall–Kier alpha value is -3.83. The summed E-state index contributed by atoms with van der Waals surface area (Å²) in [5.74, 6) is -0.150. The van der Waals surface area contributed by atoms with Gasteiger partial charge in [-0.05, 0) is 89.1 Å². The number of fused-ring (bicyclic) bond motifs is 2. The summed E-state index contributed by atoms with van der Waals surface area (Å²) in [4.78, 5) is 17.5. The Morgan fingerprint density at radius 3 is 2.57 bits per heavy atom. The molecule has 1 aliphatic carbocycles. The van der Waals surface area contributed by atoms with Crippen LogP contribution in [-0.2, 0) is 11.4 Å². The van der Waals surface area contributed by atoms with Crippen molar-refractivity contribution in [2.45, 2.75) is 24.8 Å². The molecular weight excluding hydrogens is 454 g/mol. The molecule has 1 heterocycles. The number of aromatic nitrogens is 1. The quantitative estimate of drug-likeness (QED) is 0.281. The van der Waals surface area contributed by atoms with Gasteiger partial charge in [-0.1, -0.05) is 42.5 Å². The first-order valence-corrected chi connectivity index (χ1v) is 12.6. The lowest BCUT2D eigenvalue weighted by Crippen LogP contribution is -2.00. The number of thioether (sulfide) groups is 1. The maximum Gasteiger partial charge on any atom is 0.307 e. The van der Waals surface area contributed by atoms with Gasteiger partial charge in [0.1, 0.15) is 12.4 Å². The number of ether oxygens (including phenoxy) is 1. The average Bonchev–Trinajstić information content (AvgIpc) is 3.12. The number of benzene rings is 3. The van der Waals surface area contributed by atoms with E-state index in [4.69, 9.17) is 4.74 Å². The van der Waals surface area contributed by atoms with Gasteiger partial charge < -0.3 is 9.84 Å². The molecule has 0 radical (unpaired) electrons. The Morgan fingerprint density at radius 1 is 1.00 bits per heavy atom. The molecule has 35 heavy (non-hydrogen) atoms. The molecule has 0 bridgehead atoms. The largest absolute Gasteiger partial charge is 0.487 e. The molecule has 1 aliphatic rings. The summed E-state index contributed by atoms with van der Waals surface area (Å²) in [7, 11) is 0. The maximum absolute atomic E-state index is 11.7. The number of carboxylic acid groups (broad SMARTS) is 1. The van der Waals surface area contributed by atoms with E-state index in [1.807, 2.05) is 61.5 Å². The average molecular weight is 480 g/mol. The third kappa shape index (κ3) is 4.86. The zero-order chi connectivity index (χ0) is 24.4. The molecule has 0 atom stereocenters. The third-order valence-electron chi connectivity index (χ3n) is 6.26.